The van der Waals surface area contributed by atoms with E-state index in [-0.39, 0.29) is 23.6 Å². The summed E-state index contributed by atoms with van der Waals surface area (Å²) in [5.41, 5.74) is 6.94. The van der Waals surface area contributed by atoms with Crippen LogP contribution in [-0.4, -0.2) is 56.9 Å². The molecular formula is C50H49N7O4. The number of hydrogen-bond acceptors (Lipinski definition) is 5. The molecule has 2 atom stereocenters. The maximum atomic E-state index is 13.2. The first kappa shape index (κ1) is 42.8. The van der Waals surface area contributed by atoms with Crippen LogP contribution in [0.2, 0.25) is 0 Å². The minimum atomic E-state index is -0.712. The summed E-state index contributed by atoms with van der Waals surface area (Å²) >= 11 is 0. The second-order valence-electron chi connectivity index (χ2n) is 14.3. The Morgan fingerprint density at radius 1 is 0.541 bits per heavy atom. The molecule has 4 N–H and O–H groups in total. The van der Waals surface area contributed by atoms with Crippen molar-refractivity contribution >= 4 is 51.3 Å². The number of likely N-dealkylation sites (N-methyl/N-ethyl adjacent to an activating group) is 1. The second-order valence-corrected chi connectivity index (χ2v) is 14.3. The van der Waals surface area contributed by atoms with Crippen LogP contribution >= 0.6 is 0 Å². The van der Waals surface area contributed by atoms with Crippen LogP contribution in [-0.2, 0) is 36.5 Å². The zero-order valence-corrected chi connectivity index (χ0v) is 34.4. The molecule has 0 saturated heterocycles. The molecular weight excluding hydrogens is 763 g/mol. The van der Waals surface area contributed by atoms with Gasteiger partial charge < -0.3 is 30.4 Å². The highest BCUT2D eigenvalue weighted by atomic mass is 16.2. The molecule has 61 heavy (non-hydrogen) atoms. The largest absolute Gasteiger partial charge is 0.357 e. The molecule has 4 amide bonds. The summed E-state index contributed by atoms with van der Waals surface area (Å²) in [5, 5.41) is 12.3. The molecule has 0 fully saturated rings. The van der Waals surface area contributed by atoms with Crippen LogP contribution in [0.15, 0.2) is 182 Å². The molecule has 0 radical (unpaired) electrons. The molecule has 2 aromatic heterocycles. The number of carbonyl (C=O) groups excluding carboxylic acids is 4. The van der Waals surface area contributed by atoms with Crippen LogP contribution in [0.25, 0.3) is 21.9 Å². The van der Waals surface area contributed by atoms with Crippen molar-refractivity contribution in [3.63, 3.8) is 0 Å². The Hall–Kier alpha value is -7.79. The Morgan fingerprint density at radius 2 is 1.03 bits per heavy atom. The molecule has 8 rings (SSSR count). The first-order chi connectivity index (χ1) is 29.7. The first-order valence-corrected chi connectivity index (χ1v) is 19.9. The summed E-state index contributed by atoms with van der Waals surface area (Å²) in [6.07, 6.45) is 4.64. The number of nitrogens with zero attached hydrogens (tertiary/aromatic N) is 3. The van der Waals surface area contributed by atoms with Crippen LogP contribution in [0.3, 0.4) is 0 Å². The standard InChI is InChI=1S/C25H23N3O2.C17H18N2O2.C8H8N2/c1-28-16-15-19-13-8-14-21(23(19)28)26-25(30)22(17-18-9-4-2-5-10-18)27-24(29)20-11-6-3-7-12-20;1-18-17(21)15(12-13-8-4-2-5-9-13)19-16(20)14-10-6-3-7-11-14;1-10-6-9-7-4-2-3-5-8(7)10/h2-16,22H,17H2,1H3,(H,26,30)(H,27,29);2-11,15H,12H2,1H3,(H,18,21)(H,19,20);2-6H,1H3. The van der Waals surface area contributed by atoms with Crippen molar-refractivity contribution in [2.24, 2.45) is 14.1 Å². The van der Waals surface area contributed by atoms with Crippen LogP contribution < -0.4 is 21.3 Å². The number of hydrogen-bond donors (Lipinski definition) is 4. The van der Waals surface area contributed by atoms with Gasteiger partial charge in [-0.3, -0.25) is 19.2 Å². The molecule has 8 aromatic rings. The highest BCUT2D eigenvalue weighted by molar-refractivity contribution is 6.05. The SMILES string of the molecule is CNC(=O)C(Cc1ccccc1)NC(=O)c1ccccc1.Cn1ccc2cccc(NC(=O)C(Cc3ccccc3)NC(=O)c3ccccc3)c21.Cn1cnc2ccccc21. The summed E-state index contributed by atoms with van der Waals surface area (Å²) in [5.74, 6) is -0.983. The number of aryl methyl sites for hydroxylation is 2. The minimum absolute atomic E-state index is 0.205. The number of benzene rings is 6. The van der Waals surface area contributed by atoms with E-state index in [2.05, 4.69) is 32.3 Å². The van der Waals surface area contributed by atoms with Crippen molar-refractivity contribution in [3.05, 3.63) is 205 Å². The predicted molar refractivity (Wildman–Crippen MR) is 242 cm³/mol. The fourth-order valence-electron chi connectivity index (χ4n) is 6.71. The van der Waals surface area contributed by atoms with E-state index in [9.17, 15) is 19.2 Å². The van der Waals surface area contributed by atoms with Crippen LogP contribution in [0, 0.1) is 0 Å². The average Bonchev–Trinajstić information content (AvgIpc) is 3.89. The van der Waals surface area contributed by atoms with Gasteiger partial charge in [-0.1, -0.05) is 121 Å². The number of imidazole rings is 1. The fourth-order valence-corrected chi connectivity index (χ4v) is 6.71. The molecule has 0 spiro atoms. The average molecular weight is 812 g/mol. The van der Waals surface area contributed by atoms with E-state index in [1.807, 2.05) is 151 Å². The van der Waals surface area contributed by atoms with Crippen molar-refractivity contribution in [3.8, 4) is 0 Å². The number of para-hydroxylation sites is 3. The van der Waals surface area contributed by atoms with Crippen molar-refractivity contribution in [1.82, 2.24) is 30.1 Å². The number of amides is 4. The first-order valence-electron chi connectivity index (χ1n) is 19.9. The predicted octanol–water partition coefficient (Wildman–Crippen LogP) is 7.51. The Morgan fingerprint density at radius 3 is 1.56 bits per heavy atom. The maximum Gasteiger partial charge on any atom is 0.251 e. The number of aromatic nitrogens is 3. The highest BCUT2D eigenvalue weighted by Gasteiger charge is 2.23. The molecule has 2 unspecified atom stereocenters. The zero-order chi connectivity index (χ0) is 43.0. The molecule has 0 bridgehead atoms. The lowest BCUT2D eigenvalue weighted by molar-refractivity contribution is -0.122. The molecule has 11 heteroatoms. The van der Waals surface area contributed by atoms with Gasteiger partial charge in [-0.05, 0) is 59.7 Å². The Balaban J connectivity index is 0.000000173. The third kappa shape index (κ3) is 11.9. The molecule has 6 aromatic carbocycles. The number of rotatable bonds is 11. The molecule has 2 heterocycles. The lowest BCUT2D eigenvalue weighted by atomic mass is 10.0. The smallest absolute Gasteiger partial charge is 0.251 e. The van der Waals surface area contributed by atoms with E-state index in [0.717, 1.165) is 33.2 Å². The van der Waals surface area contributed by atoms with Gasteiger partial charge in [-0.25, -0.2) is 4.98 Å². The van der Waals surface area contributed by atoms with E-state index in [1.54, 1.807) is 55.6 Å². The van der Waals surface area contributed by atoms with Gasteiger partial charge in [-0.2, -0.15) is 0 Å². The van der Waals surface area contributed by atoms with Crippen LogP contribution in [0.5, 0.6) is 0 Å². The number of nitrogens with one attached hydrogen (secondary N) is 4. The Labute approximate surface area is 355 Å². The van der Waals surface area contributed by atoms with E-state index in [0.29, 0.717) is 24.0 Å². The van der Waals surface area contributed by atoms with Crippen molar-refractivity contribution in [2.45, 2.75) is 24.9 Å². The lowest BCUT2D eigenvalue weighted by Gasteiger charge is -2.19. The number of anilines is 1. The lowest BCUT2D eigenvalue weighted by Crippen LogP contribution is -2.47. The molecule has 308 valence electrons. The van der Waals surface area contributed by atoms with E-state index >= 15 is 0 Å². The third-order valence-corrected chi connectivity index (χ3v) is 9.91. The van der Waals surface area contributed by atoms with Gasteiger partial charge in [0.1, 0.15) is 12.1 Å². The van der Waals surface area contributed by atoms with Gasteiger partial charge >= 0.3 is 0 Å². The molecule has 0 aliphatic rings. The summed E-state index contributed by atoms with van der Waals surface area (Å²) in [7, 11) is 5.50. The fraction of sp³-hybridized carbons (Fsp3) is 0.140. The van der Waals surface area contributed by atoms with Crippen molar-refractivity contribution in [2.75, 3.05) is 12.4 Å². The zero-order valence-electron chi connectivity index (χ0n) is 34.4. The van der Waals surface area contributed by atoms with Gasteiger partial charge in [0.15, 0.2) is 0 Å². The maximum absolute atomic E-state index is 13.2. The number of fused-ring (bicyclic) bond motifs is 2. The van der Waals surface area contributed by atoms with Gasteiger partial charge in [0.25, 0.3) is 11.8 Å². The van der Waals surface area contributed by atoms with Crippen LogP contribution in [0.4, 0.5) is 5.69 Å². The Bertz CT molecular complexity index is 2660. The van der Waals surface area contributed by atoms with E-state index in [1.165, 1.54) is 5.52 Å². The summed E-state index contributed by atoms with van der Waals surface area (Å²) < 4.78 is 3.98. The molecule has 0 aliphatic carbocycles. The highest BCUT2D eigenvalue weighted by Crippen LogP contribution is 2.24. The van der Waals surface area contributed by atoms with Crippen molar-refractivity contribution in [1.29, 1.82) is 0 Å². The van der Waals surface area contributed by atoms with Gasteiger partial charge in [0.2, 0.25) is 11.8 Å². The summed E-state index contributed by atoms with van der Waals surface area (Å²) in [6.45, 7) is 0. The van der Waals surface area contributed by atoms with E-state index in [4.69, 9.17) is 0 Å². The molecule has 0 saturated carbocycles. The normalized spacial score (nSPS) is 11.5. The second kappa shape index (κ2) is 21.3. The van der Waals surface area contributed by atoms with Gasteiger partial charge in [0.05, 0.1) is 28.6 Å². The Kier molecular flexibility index (Phi) is 14.9. The molecule has 11 nitrogen and oxygen atoms in total. The van der Waals surface area contributed by atoms with Gasteiger partial charge in [0, 0.05) is 56.7 Å². The van der Waals surface area contributed by atoms with E-state index < -0.39 is 12.1 Å². The quantitative estimate of drug-likeness (QED) is 0.107. The minimum Gasteiger partial charge on any atom is -0.357 e. The number of carbonyl (C=O) groups is 4. The third-order valence-electron chi connectivity index (χ3n) is 9.91. The van der Waals surface area contributed by atoms with Crippen LogP contribution in [0.1, 0.15) is 31.8 Å². The topological polar surface area (TPSA) is 139 Å². The summed E-state index contributed by atoms with van der Waals surface area (Å²) in [6, 6.07) is 51.7. The van der Waals surface area contributed by atoms with Gasteiger partial charge in [-0.15, -0.1) is 0 Å². The summed E-state index contributed by atoms with van der Waals surface area (Å²) in [4.78, 5) is 54.3. The monoisotopic (exact) mass is 811 g/mol. The molecule has 0 aliphatic heterocycles. The van der Waals surface area contributed by atoms with Crippen molar-refractivity contribution < 1.29 is 19.2 Å².